The van der Waals surface area contributed by atoms with E-state index < -0.39 is 6.10 Å². The van der Waals surface area contributed by atoms with E-state index in [1.54, 1.807) is 17.8 Å². The van der Waals surface area contributed by atoms with Gasteiger partial charge in [-0.1, -0.05) is 11.9 Å². The topological polar surface area (TPSA) is 91.1 Å². The van der Waals surface area contributed by atoms with Crippen molar-refractivity contribution in [2.75, 3.05) is 23.7 Å². The number of aliphatic hydroxyl groups excluding tert-OH is 1. The van der Waals surface area contributed by atoms with Gasteiger partial charge in [0.05, 0.1) is 24.5 Å². The molecule has 3 unspecified atom stereocenters. The second-order valence-corrected chi connectivity index (χ2v) is 10.5. The molecule has 2 aromatic rings. The predicted octanol–water partition coefficient (Wildman–Crippen LogP) is 3.04. The minimum atomic E-state index is -0.436. The summed E-state index contributed by atoms with van der Waals surface area (Å²) in [5.74, 6) is 3.10. The third-order valence-corrected chi connectivity index (χ3v) is 7.56. The summed E-state index contributed by atoms with van der Waals surface area (Å²) in [6.07, 6.45) is 10.3. The zero-order chi connectivity index (χ0) is 20.7. The van der Waals surface area contributed by atoms with Crippen LogP contribution < -0.4 is 10.6 Å². The normalized spacial score (nSPS) is 27.2. The van der Waals surface area contributed by atoms with Crippen molar-refractivity contribution in [2.24, 2.45) is 11.8 Å². The van der Waals surface area contributed by atoms with Crippen LogP contribution in [0.4, 0.5) is 17.5 Å². The fraction of sp³-hybridized carbons (Fsp3) is 0.667. The van der Waals surface area contributed by atoms with Gasteiger partial charge in [-0.2, -0.15) is 10.1 Å². The summed E-state index contributed by atoms with van der Waals surface area (Å²) in [4.78, 5) is 9.15. The number of aromatic nitrogens is 4. The number of anilines is 3. The van der Waals surface area contributed by atoms with Crippen molar-refractivity contribution < 1.29 is 5.11 Å². The molecule has 3 atom stereocenters. The Bertz CT molecular complexity index is 870. The SMILES string of the molecule is Cc1cnc(Nc2cnn(CC(C)O)c2)nc1NC1CC2CN(SC3CC3)CC2C1. The highest BCUT2D eigenvalue weighted by Crippen LogP contribution is 2.45. The van der Waals surface area contributed by atoms with Crippen molar-refractivity contribution in [3.63, 3.8) is 0 Å². The second-order valence-electron chi connectivity index (χ2n) is 9.13. The largest absolute Gasteiger partial charge is 0.391 e. The molecule has 3 fully saturated rings. The van der Waals surface area contributed by atoms with E-state index in [0.717, 1.165) is 34.2 Å². The molecule has 2 aliphatic carbocycles. The summed E-state index contributed by atoms with van der Waals surface area (Å²) in [5.41, 5.74) is 1.88. The monoisotopic (exact) mass is 429 g/mol. The highest BCUT2D eigenvalue weighted by Gasteiger charge is 2.42. The van der Waals surface area contributed by atoms with E-state index in [4.69, 9.17) is 4.98 Å². The molecule has 0 spiro atoms. The van der Waals surface area contributed by atoms with Crippen molar-refractivity contribution in [1.29, 1.82) is 0 Å². The maximum atomic E-state index is 9.50. The molecule has 3 heterocycles. The summed E-state index contributed by atoms with van der Waals surface area (Å²) < 4.78 is 4.33. The number of rotatable bonds is 8. The third-order valence-electron chi connectivity index (χ3n) is 6.19. The Labute approximate surface area is 182 Å². The maximum Gasteiger partial charge on any atom is 0.229 e. The van der Waals surface area contributed by atoms with Crippen LogP contribution >= 0.6 is 11.9 Å². The van der Waals surface area contributed by atoms with E-state index in [1.165, 1.54) is 38.8 Å². The number of hydrogen-bond acceptors (Lipinski definition) is 8. The van der Waals surface area contributed by atoms with E-state index >= 15 is 0 Å². The molecular formula is C21H31N7OS. The molecule has 8 nitrogen and oxygen atoms in total. The first-order chi connectivity index (χ1) is 14.5. The average Bonchev–Trinajstić information content (AvgIpc) is 3.07. The lowest BCUT2D eigenvalue weighted by Crippen LogP contribution is -2.22. The van der Waals surface area contributed by atoms with Crippen LogP contribution in [-0.2, 0) is 6.54 Å². The van der Waals surface area contributed by atoms with Gasteiger partial charge in [0.2, 0.25) is 5.95 Å². The molecule has 1 aliphatic heterocycles. The van der Waals surface area contributed by atoms with Gasteiger partial charge in [0.1, 0.15) is 5.82 Å². The molecule has 1 saturated heterocycles. The standard InChI is InChI=1S/C21H31N7OS/c1-13-7-22-21(25-18-8-23-27(12-18)9-14(2)29)26-20(13)24-17-5-15-10-28(11-16(15)6-17)30-19-3-4-19/h7-8,12,14-17,19,29H,3-6,9-11H2,1-2H3,(H2,22,24,25,26). The number of fused-ring (bicyclic) bond motifs is 1. The molecule has 0 aromatic carbocycles. The highest BCUT2D eigenvalue weighted by molar-refractivity contribution is 7.97. The van der Waals surface area contributed by atoms with Crippen molar-refractivity contribution in [3.8, 4) is 0 Å². The van der Waals surface area contributed by atoms with Gasteiger partial charge in [0.15, 0.2) is 0 Å². The van der Waals surface area contributed by atoms with Crippen molar-refractivity contribution in [3.05, 3.63) is 24.2 Å². The van der Waals surface area contributed by atoms with Crippen LogP contribution in [0.5, 0.6) is 0 Å². The minimum Gasteiger partial charge on any atom is -0.391 e. The first kappa shape index (κ1) is 20.1. The fourth-order valence-corrected chi connectivity index (χ4v) is 5.94. The zero-order valence-electron chi connectivity index (χ0n) is 17.7. The number of aryl methyl sites for hydroxylation is 1. The Balaban J connectivity index is 1.18. The Hall–Kier alpha value is -1.84. The lowest BCUT2D eigenvalue weighted by molar-refractivity contribution is 0.168. The van der Waals surface area contributed by atoms with Gasteiger partial charge in [-0.15, -0.1) is 0 Å². The molecule has 162 valence electrons. The molecule has 2 saturated carbocycles. The quantitative estimate of drug-likeness (QED) is 0.552. The third kappa shape index (κ3) is 4.73. The Morgan fingerprint density at radius 2 is 2.00 bits per heavy atom. The smallest absolute Gasteiger partial charge is 0.229 e. The number of hydrogen-bond donors (Lipinski definition) is 3. The minimum absolute atomic E-state index is 0.436. The summed E-state index contributed by atoms with van der Waals surface area (Å²) in [7, 11) is 0. The van der Waals surface area contributed by atoms with Crippen LogP contribution in [0.25, 0.3) is 0 Å². The van der Waals surface area contributed by atoms with Crippen molar-refractivity contribution >= 4 is 29.4 Å². The summed E-state index contributed by atoms with van der Waals surface area (Å²) in [6.45, 7) is 6.75. The molecule has 3 N–H and O–H groups in total. The molecular weight excluding hydrogens is 398 g/mol. The van der Waals surface area contributed by atoms with Gasteiger partial charge in [-0.05, 0) is 51.4 Å². The second kappa shape index (κ2) is 8.36. The van der Waals surface area contributed by atoms with Gasteiger partial charge < -0.3 is 15.7 Å². The Morgan fingerprint density at radius 1 is 1.23 bits per heavy atom. The molecule has 3 aliphatic rings. The molecule has 0 amide bonds. The Kier molecular flexibility index (Phi) is 5.59. The van der Waals surface area contributed by atoms with E-state index in [0.29, 0.717) is 18.5 Å². The van der Waals surface area contributed by atoms with Crippen LogP contribution in [0.3, 0.4) is 0 Å². The van der Waals surface area contributed by atoms with Crippen LogP contribution in [0.15, 0.2) is 18.6 Å². The van der Waals surface area contributed by atoms with Crippen molar-refractivity contribution in [2.45, 2.75) is 63.5 Å². The average molecular weight is 430 g/mol. The lowest BCUT2D eigenvalue weighted by Gasteiger charge is -2.20. The first-order valence-electron chi connectivity index (χ1n) is 11.0. The zero-order valence-corrected chi connectivity index (χ0v) is 18.5. The maximum absolute atomic E-state index is 9.50. The molecule has 0 radical (unpaired) electrons. The van der Waals surface area contributed by atoms with Crippen LogP contribution in [0.1, 0.15) is 38.2 Å². The molecule has 0 bridgehead atoms. The highest BCUT2D eigenvalue weighted by atomic mass is 32.2. The van der Waals surface area contributed by atoms with Gasteiger partial charge >= 0.3 is 0 Å². The summed E-state index contributed by atoms with van der Waals surface area (Å²) in [6, 6.07) is 0.489. The van der Waals surface area contributed by atoms with Gasteiger partial charge in [-0.3, -0.25) is 4.68 Å². The van der Waals surface area contributed by atoms with E-state index in [1.807, 2.05) is 12.4 Å². The summed E-state index contributed by atoms with van der Waals surface area (Å²) >= 11 is 2.11. The van der Waals surface area contributed by atoms with Gasteiger partial charge in [0.25, 0.3) is 0 Å². The van der Waals surface area contributed by atoms with Gasteiger partial charge in [0, 0.05) is 42.3 Å². The molecule has 5 rings (SSSR count). The number of aliphatic hydroxyl groups is 1. The van der Waals surface area contributed by atoms with E-state index in [2.05, 4.69) is 43.9 Å². The van der Waals surface area contributed by atoms with Gasteiger partial charge in [-0.25, -0.2) is 9.29 Å². The molecule has 9 heteroatoms. The van der Waals surface area contributed by atoms with E-state index in [-0.39, 0.29) is 0 Å². The Morgan fingerprint density at radius 3 is 2.70 bits per heavy atom. The first-order valence-corrected chi connectivity index (χ1v) is 11.8. The lowest BCUT2D eigenvalue weighted by atomic mass is 10.0. The summed E-state index contributed by atoms with van der Waals surface area (Å²) in [5, 5.41) is 21.6. The van der Waals surface area contributed by atoms with Crippen LogP contribution in [0.2, 0.25) is 0 Å². The number of nitrogens with zero attached hydrogens (tertiary/aromatic N) is 5. The van der Waals surface area contributed by atoms with E-state index in [9.17, 15) is 5.11 Å². The molecule has 2 aromatic heterocycles. The predicted molar refractivity (Wildman–Crippen MR) is 120 cm³/mol. The fourth-order valence-electron chi connectivity index (χ4n) is 4.61. The van der Waals surface area contributed by atoms with Crippen LogP contribution in [0, 0.1) is 18.8 Å². The van der Waals surface area contributed by atoms with Crippen LogP contribution in [-0.4, -0.2) is 59.6 Å². The molecule has 30 heavy (non-hydrogen) atoms. The number of nitrogens with one attached hydrogen (secondary N) is 2. The van der Waals surface area contributed by atoms with Crippen molar-refractivity contribution in [1.82, 2.24) is 24.1 Å².